The third-order valence-corrected chi connectivity index (χ3v) is 3.09. The molecule has 0 aliphatic rings. The maximum atomic E-state index is 11.9. The van der Waals surface area contributed by atoms with Crippen molar-refractivity contribution in [1.82, 2.24) is 10.3 Å². The molecule has 3 nitrogen and oxygen atoms in total. The summed E-state index contributed by atoms with van der Waals surface area (Å²) >= 11 is 1.57. The molecule has 0 fully saturated rings. The van der Waals surface area contributed by atoms with Gasteiger partial charge in [-0.25, -0.2) is 4.98 Å². The SMILES string of the molecule is CC(C)(C)CNC(=O)c1csc(CC(C)(C)C)n1. The molecule has 4 heteroatoms. The molecule has 1 amide bonds. The molecular formula is C14H24N2OS. The standard InChI is InChI=1S/C14H24N2OS/c1-13(2,3)7-11-16-10(8-18-11)12(17)15-9-14(4,5)6/h8H,7,9H2,1-6H3,(H,15,17). The lowest BCUT2D eigenvalue weighted by Crippen LogP contribution is -2.32. The lowest BCUT2D eigenvalue weighted by molar-refractivity contribution is 0.0934. The number of nitrogens with one attached hydrogen (secondary N) is 1. The summed E-state index contributed by atoms with van der Waals surface area (Å²) in [6, 6.07) is 0. The van der Waals surface area contributed by atoms with Crippen molar-refractivity contribution in [3.63, 3.8) is 0 Å². The average molecular weight is 268 g/mol. The van der Waals surface area contributed by atoms with E-state index in [-0.39, 0.29) is 16.7 Å². The van der Waals surface area contributed by atoms with Crippen molar-refractivity contribution >= 4 is 17.2 Å². The summed E-state index contributed by atoms with van der Waals surface area (Å²) in [5.41, 5.74) is 0.847. The monoisotopic (exact) mass is 268 g/mol. The molecule has 0 bridgehead atoms. The van der Waals surface area contributed by atoms with Crippen molar-refractivity contribution in [2.45, 2.75) is 48.0 Å². The van der Waals surface area contributed by atoms with Crippen LogP contribution in [0.2, 0.25) is 0 Å². The van der Waals surface area contributed by atoms with Gasteiger partial charge in [0.25, 0.3) is 5.91 Å². The van der Waals surface area contributed by atoms with E-state index in [4.69, 9.17) is 0 Å². The molecule has 1 rings (SSSR count). The van der Waals surface area contributed by atoms with Crippen LogP contribution in [-0.2, 0) is 6.42 Å². The fourth-order valence-corrected chi connectivity index (χ4v) is 2.46. The summed E-state index contributed by atoms with van der Waals surface area (Å²) in [7, 11) is 0. The van der Waals surface area contributed by atoms with Crippen molar-refractivity contribution < 1.29 is 4.79 Å². The topological polar surface area (TPSA) is 42.0 Å². The highest BCUT2D eigenvalue weighted by Gasteiger charge is 2.18. The van der Waals surface area contributed by atoms with Crippen LogP contribution >= 0.6 is 11.3 Å². The summed E-state index contributed by atoms with van der Waals surface area (Å²) in [6.45, 7) is 13.5. The van der Waals surface area contributed by atoms with Gasteiger partial charge in [0.05, 0.1) is 5.01 Å². The summed E-state index contributed by atoms with van der Waals surface area (Å²) in [6.07, 6.45) is 0.907. The van der Waals surface area contributed by atoms with Crippen LogP contribution < -0.4 is 5.32 Å². The molecule has 1 N–H and O–H groups in total. The molecule has 0 spiro atoms. The maximum absolute atomic E-state index is 11.9. The van der Waals surface area contributed by atoms with Crippen molar-refractivity contribution in [3.05, 3.63) is 16.1 Å². The van der Waals surface area contributed by atoms with E-state index >= 15 is 0 Å². The molecule has 0 unspecified atom stereocenters. The minimum Gasteiger partial charge on any atom is -0.350 e. The molecule has 1 heterocycles. The first-order valence-electron chi connectivity index (χ1n) is 6.29. The zero-order valence-electron chi connectivity index (χ0n) is 12.3. The predicted molar refractivity (Wildman–Crippen MR) is 77.1 cm³/mol. The van der Waals surface area contributed by atoms with Gasteiger partial charge in [-0.15, -0.1) is 11.3 Å². The molecule has 0 aromatic carbocycles. The van der Waals surface area contributed by atoms with Crippen LogP contribution in [-0.4, -0.2) is 17.4 Å². The van der Waals surface area contributed by atoms with Crippen LogP contribution in [0.3, 0.4) is 0 Å². The minimum atomic E-state index is -0.0682. The first-order chi connectivity index (χ1) is 8.07. The van der Waals surface area contributed by atoms with Gasteiger partial charge in [0.15, 0.2) is 0 Å². The van der Waals surface area contributed by atoms with Crippen LogP contribution in [0, 0.1) is 10.8 Å². The lowest BCUT2D eigenvalue weighted by atomic mass is 9.93. The number of amides is 1. The Morgan fingerprint density at radius 1 is 1.22 bits per heavy atom. The van der Waals surface area contributed by atoms with Crippen molar-refractivity contribution in [2.24, 2.45) is 10.8 Å². The van der Waals surface area contributed by atoms with Gasteiger partial charge in [-0.05, 0) is 10.8 Å². The molecule has 0 saturated carbocycles. The zero-order valence-corrected chi connectivity index (χ0v) is 13.1. The quantitative estimate of drug-likeness (QED) is 0.911. The second kappa shape index (κ2) is 5.39. The molecule has 1 aromatic heterocycles. The maximum Gasteiger partial charge on any atom is 0.270 e. The van der Waals surface area contributed by atoms with Crippen LogP contribution in [0.5, 0.6) is 0 Å². The number of rotatable bonds is 3. The number of thiazole rings is 1. The summed E-state index contributed by atoms with van der Waals surface area (Å²) < 4.78 is 0. The highest BCUT2D eigenvalue weighted by atomic mass is 32.1. The number of hydrogen-bond acceptors (Lipinski definition) is 3. The lowest BCUT2D eigenvalue weighted by Gasteiger charge is -2.18. The predicted octanol–water partition coefficient (Wildman–Crippen LogP) is 3.51. The summed E-state index contributed by atoms with van der Waals surface area (Å²) in [5, 5.41) is 5.80. The van der Waals surface area contributed by atoms with E-state index in [1.807, 2.05) is 5.38 Å². The molecular weight excluding hydrogens is 244 g/mol. The van der Waals surface area contributed by atoms with Crippen molar-refractivity contribution in [3.8, 4) is 0 Å². The molecule has 1 aromatic rings. The second-order valence-electron chi connectivity index (χ2n) is 7.11. The summed E-state index contributed by atoms with van der Waals surface area (Å²) in [5.74, 6) is -0.0682. The number of carbonyl (C=O) groups excluding carboxylic acids is 1. The first kappa shape index (κ1) is 15.2. The van der Waals surface area contributed by atoms with E-state index in [1.54, 1.807) is 11.3 Å². The van der Waals surface area contributed by atoms with E-state index in [1.165, 1.54) is 0 Å². The Bertz CT molecular complexity index is 410. The Hall–Kier alpha value is -0.900. The summed E-state index contributed by atoms with van der Waals surface area (Å²) in [4.78, 5) is 16.3. The van der Waals surface area contributed by atoms with E-state index in [0.29, 0.717) is 12.2 Å². The van der Waals surface area contributed by atoms with Crippen molar-refractivity contribution in [1.29, 1.82) is 0 Å². The van der Waals surface area contributed by atoms with Gasteiger partial charge < -0.3 is 5.32 Å². The van der Waals surface area contributed by atoms with Crippen molar-refractivity contribution in [2.75, 3.05) is 6.54 Å². The third kappa shape index (κ3) is 5.63. The van der Waals surface area contributed by atoms with Crippen LogP contribution in [0.1, 0.15) is 57.0 Å². The largest absolute Gasteiger partial charge is 0.350 e. The van der Waals surface area contributed by atoms with Gasteiger partial charge >= 0.3 is 0 Å². The Labute approximate surface area is 114 Å². The van der Waals surface area contributed by atoms with E-state index in [2.05, 4.69) is 51.8 Å². The Morgan fingerprint density at radius 2 is 1.83 bits per heavy atom. The fourth-order valence-electron chi connectivity index (χ4n) is 1.39. The normalized spacial score (nSPS) is 12.6. The van der Waals surface area contributed by atoms with E-state index < -0.39 is 0 Å². The Kier molecular flexibility index (Phi) is 4.54. The smallest absolute Gasteiger partial charge is 0.270 e. The highest BCUT2D eigenvalue weighted by molar-refractivity contribution is 7.09. The number of nitrogens with zero attached hydrogens (tertiary/aromatic N) is 1. The Morgan fingerprint density at radius 3 is 2.33 bits per heavy atom. The zero-order chi connectivity index (χ0) is 14.0. The van der Waals surface area contributed by atoms with E-state index in [9.17, 15) is 4.79 Å². The molecule has 0 aliphatic carbocycles. The molecule has 0 radical (unpaired) electrons. The van der Waals surface area contributed by atoms with Crippen LogP contribution in [0.15, 0.2) is 5.38 Å². The first-order valence-corrected chi connectivity index (χ1v) is 7.17. The van der Waals surface area contributed by atoms with E-state index in [0.717, 1.165) is 11.4 Å². The van der Waals surface area contributed by atoms with Gasteiger partial charge in [0, 0.05) is 18.3 Å². The second-order valence-corrected chi connectivity index (χ2v) is 8.05. The number of aromatic nitrogens is 1. The minimum absolute atomic E-state index is 0.0682. The number of carbonyl (C=O) groups is 1. The third-order valence-electron chi connectivity index (χ3n) is 2.25. The molecule has 0 aliphatic heterocycles. The van der Waals surface area contributed by atoms with Crippen LogP contribution in [0.25, 0.3) is 0 Å². The van der Waals surface area contributed by atoms with Gasteiger partial charge in [0.2, 0.25) is 0 Å². The molecule has 18 heavy (non-hydrogen) atoms. The highest BCUT2D eigenvalue weighted by Crippen LogP contribution is 2.23. The molecule has 0 atom stereocenters. The van der Waals surface area contributed by atoms with Gasteiger partial charge in [-0.3, -0.25) is 4.79 Å². The van der Waals surface area contributed by atoms with Crippen LogP contribution in [0.4, 0.5) is 0 Å². The van der Waals surface area contributed by atoms with Gasteiger partial charge in [-0.2, -0.15) is 0 Å². The van der Waals surface area contributed by atoms with Gasteiger partial charge in [0.1, 0.15) is 5.69 Å². The average Bonchev–Trinajstić information content (AvgIpc) is 2.58. The van der Waals surface area contributed by atoms with Gasteiger partial charge in [-0.1, -0.05) is 41.5 Å². The fraction of sp³-hybridized carbons (Fsp3) is 0.714. The Balaban J connectivity index is 2.60. The number of hydrogen-bond donors (Lipinski definition) is 1. The molecule has 102 valence electrons. The molecule has 0 saturated heterocycles.